The van der Waals surface area contributed by atoms with E-state index in [1.807, 2.05) is 6.07 Å². The fourth-order valence-corrected chi connectivity index (χ4v) is 6.60. The number of carbonyl (C=O) groups is 1. The number of hydrogen-bond acceptors (Lipinski definition) is 6. The van der Waals surface area contributed by atoms with Gasteiger partial charge in [0.1, 0.15) is 5.82 Å². The van der Waals surface area contributed by atoms with Gasteiger partial charge in [0, 0.05) is 51.9 Å². The van der Waals surface area contributed by atoms with Gasteiger partial charge in [-0.25, -0.2) is 13.4 Å². The van der Waals surface area contributed by atoms with Crippen LogP contribution in [0.2, 0.25) is 0 Å². The van der Waals surface area contributed by atoms with E-state index in [0.717, 1.165) is 88.2 Å². The summed E-state index contributed by atoms with van der Waals surface area (Å²) >= 11 is 0. The summed E-state index contributed by atoms with van der Waals surface area (Å²) in [5, 5.41) is 3.06. The molecule has 5 rings (SSSR count). The molecule has 1 aromatic carbocycles. The molecule has 186 valence electrons. The molecule has 2 aliphatic heterocycles. The predicted octanol–water partition coefficient (Wildman–Crippen LogP) is 1.63. The molecular weight excluding hydrogens is 452 g/mol. The molecule has 3 fully saturated rings. The molecule has 1 aliphatic carbocycles. The van der Waals surface area contributed by atoms with Crippen LogP contribution in [0.25, 0.3) is 11.0 Å². The van der Waals surface area contributed by atoms with Crippen LogP contribution in [-0.4, -0.2) is 89.8 Å². The number of hydrogen-bond donors (Lipinski definition) is 1. The van der Waals surface area contributed by atoms with Crippen LogP contribution in [0.4, 0.5) is 0 Å². The molecule has 1 saturated carbocycles. The minimum absolute atomic E-state index is 0.138. The van der Waals surface area contributed by atoms with E-state index in [-0.39, 0.29) is 5.91 Å². The predicted molar refractivity (Wildman–Crippen MR) is 131 cm³/mol. The van der Waals surface area contributed by atoms with E-state index in [1.165, 1.54) is 0 Å². The summed E-state index contributed by atoms with van der Waals surface area (Å²) in [5.41, 5.74) is 1.72. The lowest BCUT2D eigenvalue weighted by atomic mass is 10.2. The molecule has 0 atom stereocenters. The largest absolute Gasteiger partial charge is 0.352 e. The van der Waals surface area contributed by atoms with E-state index in [9.17, 15) is 13.2 Å². The monoisotopic (exact) mass is 488 g/mol. The van der Waals surface area contributed by atoms with Gasteiger partial charge in [-0.2, -0.15) is 4.31 Å². The summed E-state index contributed by atoms with van der Waals surface area (Å²) in [6.45, 7) is 8.78. The Balaban J connectivity index is 1.26. The molecule has 9 nitrogen and oxygen atoms in total. The standard InChI is InChI=1S/C24H36N6O3S/c1-2-30-22-9-8-20(34(32,33)29-10-4-3-5-11-29)16-21(22)26-23(30)17-27-12-14-28(15-13-27)18-24(31)25-19-6-7-19/h8-9,16,19H,2-7,10-15,17-18H2,1H3,(H,25,31). The van der Waals surface area contributed by atoms with Crippen LogP contribution in [0.15, 0.2) is 23.1 Å². The van der Waals surface area contributed by atoms with E-state index in [2.05, 4.69) is 26.6 Å². The summed E-state index contributed by atoms with van der Waals surface area (Å²) in [7, 11) is -3.48. The average Bonchev–Trinajstić information content (AvgIpc) is 3.58. The molecule has 3 aliphatic rings. The molecule has 3 heterocycles. The Morgan fingerprint density at radius 1 is 1.03 bits per heavy atom. The Kier molecular flexibility index (Phi) is 6.92. The minimum Gasteiger partial charge on any atom is -0.352 e. The molecule has 0 radical (unpaired) electrons. The van der Waals surface area contributed by atoms with Crippen molar-refractivity contribution >= 4 is 27.0 Å². The Bertz CT molecular complexity index is 1130. The molecular formula is C24H36N6O3S. The van der Waals surface area contributed by atoms with Gasteiger partial charge in [-0.3, -0.25) is 14.6 Å². The number of rotatable bonds is 8. The normalized spacial score (nSPS) is 21.2. The lowest BCUT2D eigenvalue weighted by Crippen LogP contribution is -2.49. The van der Waals surface area contributed by atoms with Crippen molar-refractivity contribution in [3.05, 3.63) is 24.0 Å². The molecule has 1 N–H and O–H groups in total. The van der Waals surface area contributed by atoms with Gasteiger partial charge in [0.05, 0.1) is 29.0 Å². The average molecular weight is 489 g/mol. The maximum atomic E-state index is 13.1. The number of benzene rings is 1. The summed E-state index contributed by atoms with van der Waals surface area (Å²) < 4.78 is 30.1. The third-order valence-electron chi connectivity index (χ3n) is 7.21. The molecule has 1 amide bonds. The molecule has 0 bridgehead atoms. The molecule has 1 aromatic heterocycles. The minimum atomic E-state index is -3.48. The first-order chi connectivity index (χ1) is 16.4. The molecule has 0 unspecified atom stereocenters. The fraction of sp³-hybridized carbons (Fsp3) is 0.667. The highest BCUT2D eigenvalue weighted by Crippen LogP contribution is 2.25. The van der Waals surface area contributed by atoms with Crippen LogP contribution in [0.3, 0.4) is 0 Å². The lowest BCUT2D eigenvalue weighted by molar-refractivity contribution is -0.122. The van der Waals surface area contributed by atoms with Gasteiger partial charge in [0.2, 0.25) is 15.9 Å². The zero-order chi connectivity index (χ0) is 23.7. The number of aromatic nitrogens is 2. The number of carbonyl (C=O) groups excluding carboxylic acids is 1. The lowest BCUT2D eigenvalue weighted by Gasteiger charge is -2.34. The third kappa shape index (κ3) is 5.15. The summed E-state index contributed by atoms with van der Waals surface area (Å²) in [5.74, 6) is 1.10. The van der Waals surface area contributed by atoms with Crippen molar-refractivity contribution in [2.45, 2.75) is 63.1 Å². The van der Waals surface area contributed by atoms with Gasteiger partial charge in [-0.15, -0.1) is 0 Å². The van der Waals surface area contributed by atoms with Crippen LogP contribution in [0, 0.1) is 0 Å². The second-order valence-corrected chi connectivity index (χ2v) is 11.7. The van der Waals surface area contributed by atoms with Gasteiger partial charge in [-0.05, 0) is 50.8 Å². The molecule has 0 spiro atoms. The van der Waals surface area contributed by atoms with E-state index < -0.39 is 10.0 Å². The van der Waals surface area contributed by atoms with Gasteiger partial charge >= 0.3 is 0 Å². The fourth-order valence-electron chi connectivity index (χ4n) is 5.06. The third-order valence-corrected chi connectivity index (χ3v) is 9.10. The van der Waals surface area contributed by atoms with Crippen LogP contribution in [0.5, 0.6) is 0 Å². The van der Waals surface area contributed by atoms with E-state index in [4.69, 9.17) is 4.98 Å². The van der Waals surface area contributed by atoms with Crippen LogP contribution >= 0.6 is 0 Å². The number of nitrogens with zero attached hydrogens (tertiary/aromatic N) is 5. The maximum Gasteiger partial charge on any atom is 0.243 e. The second kappa shape index (κ2) is 9.93. The Morgan fingerprint density at radius 3 is 2.41 bits per heavy atom. The molecule has 34 heavy (non-hydrogen) atoms. The molecule has 10 heteroatoms. The van der Waals surface area contributed by atoms with Gasteiger partial charge < -0.3 is 9.88 Å². The first kappa shape index (κ1) is 23.7. The Hall–Kier alpha value is -2.01. The van der Waals surface area contributed by atoms with Gasteiger partial charge in [-0.1, -0.05) is 6.42 Å². The highest BCUT2D eigenvalue weighted by Gasteiger charge is 2.28. The number of piperidine rings is 1. The number of amides is 1. The zero-order valence-corrected chi connectivity index (χ0v) is 20.9. The quantitative estimate of drug-likeness (QED) is 0.607. The zero-order valence-electron chi connectivity index (χ0n) is 20.1. The summed E-state index contributed by atoms with van der Waals surface area (Å²) in [4.78, 5) is 21.9. The molecule has 2 saturated heterocycles. The highest BCUT2D eigenvalue weighted by molar-refractivity contribution is 7.89. The van der Waals surface area contributed by atoms with Gasteiger partial charge in [0.25, 0.3) is 0 Å². The SMILES string of the molecule is CCn1c(CN2CCN(CC(=O)NC3CC3)CC2)nc2cc(S(=O)(=O)N3CCCCC3)ccc21. The van der Waals surface area contributed by atoms with Crippen LogP contribution in [-0.2, 0) is 27.9 Å². The number of nitrogens with one attached hydrogen (secondary N) is 1. The van der Waals surface area contributed by atoms with Crippen molar-refractivity contribution in [3.8, 4) is 0 Å². The summed E-state index contributed by atoms with van der Waals surface area (Å²) in [6.07, 6.45) is 5.17. The first-order valence-electron chi connectivity index (χ1n) is 12.7. The highest BCUT2D eigenvalue weighted by atomic mass is 32.2. The van der Waals surface area contributed by atoms with E-state index >= 15 is 0 Å². The number of fused-ring (bicyclic) bond motifs is 1. The maximum absolute atomic E-state index is 13.1. The van der Waals surface area contributed by atoms with Crippen molar-refractivity contribution in [2.75, 3.05) is 45.8 Å². The smallest absolute Gasteiger partial charge is 0.243 e. The van der Waals surface area contributed by atoms with Crippen molar-refractivity contribution in [1.82, 2.24) is 29.0 Å². The van der Waals surface area contributed by atoms with Gasteiger partial charge in [0.15, 0.2) is 0 Å². The first-order valence-corrected chi connectivity index (χ1v) is 14.1. The van der Waals surface area contributed by atoms with Crippen molar-refractivity contribution in [3.63, 3.8) is 0 Å². The Morgan fingerprint density at radius 2 is 1.74 bits per heavy atom. The van der Waals surface area contributed by atoms with Crippen molar-refractivity contribution < 1.29 is 13.2 Å². The van der Waals surface area contributed by atoms with E-state index in [1.54, 1.807) is 16.4 Å². The Labute approximate surface area is 202 Å². The molecule has 2 aromatic rings. The number of sulfonamides is 1. The summed E-state index contributed by atoms with van der Waals surface area (Å²) in [6, 6.07) is 5.79. The number of aryl methyl sites for hydroxylation is 1. The van der Waals surface area contributed by atoms with Crippen molar-refractivity contribution in [2.24, 2.45) is 0 Å². The van der Waals surface area contributed by atoms with Crippen molar-refractivity contribution in [1.29, 1.82) is 0 Å². The number of imidazole rings is 1. The van der Waals surface area contributed by atoms with Crippen LogP contribution in [0.1, 0.15) is 44.9 Å². The topological polar surface area (TPSA) is 90.8 Å². The number of piperazine rings is 1. The second-order valence-electron chi connectivity index (χ2n) is 9.78. The van der Waals surface area contributed by atoms with Crippen LogP contribution < -0.4 is 5.32 Å². The van der Waals surface area contributed by atoms with E-state index in [0.29, 0.717) is 30.6 Å².